The number of hydrogen-bond donors (Lipinski definition) is 1. The Labute approximate surface area is 101 Å². The first-order valence-electron chi connectivity index (χ1n) is 5.38. The van der Waals surface area contributed by atoms with Crippen LogP contribution in [0.25, 0.3) is 0 Å². The molecule has 1 aromatic rings. The van der Waals surface area contributed by atoms with Gasteiger partial charge in [-0.15, -0.1) is 0 Å². The molecule has 0 aromatic carbocycles. The molecule has 0 amide bonds. The topological polar surface area (TPSA) is 37.8 Å². The van der Waals surface area contributed by atoms with Crippen LogP contribution in [0, 0.1) is 0 Å². The summed E-state index contributed by atoms with van der Waals surface area (Å²) in [5.41, 5.74) is 1.37. The number of aromatic nitrogens is 2. The fraction of sp³-hybridized carbons (Fsp3) is 0.600. The molecule has 0 atom stereocenters. The van der Waals surface area contributed by atoms with E-state index in [2.05, 4.69) is 20.8 Å². The van der Waals surface area contributed by atoms with Crippen molar-refractivity contribution in [2.45, 2.75) is 31.9 Å². The van der Waals surface area contributed by atoms with Crippen LogP contribution in [0.2, 0.25) is 0 Å². The molecule has 0 spiro atoms. The van der Waals surface area contributed by atoms with Crippen LogP contribution >= 0.6 is 11.5 Å². The zero-order chi connectivity index (χ0) is 12.3. The second-order valence-corrected chi connectivity index (χ2v) is 4.60. The summed E-state index contributed by atoms with van der Waals surface area (Å²) in [5.74, 6) is -1.06. The Balaban J connectivity index is 1.81. The summed E-state index contributed by atoms with van der Waals surface area (Å²) in [6, 6.07) is 0. The highest BCUT2D eigenvalue weighted by molar-refractivity contribution is 7.09. The van der Waals surface area contributed by atoms with E-state index < -0.39 is 12.0 Å². The largest absolute Gasteiger partial charge is 0.452 e. The summed E-state index contributed by atoms with van der Waals surface area (Å²) in [6.07, 6.45) is 2.01. The van der Waals surface area contributed by atoms with Gasteiger partial charge in [0, 0.05) is 18.1 Å². The standard InChI is InChI=1S/C10H12F3N3S/c11-10(12,13)8-15-9(17-16-8)14-6-5-7-3-1-2-4-7/h3H,1-2,4-6H2,(H,14,15,16). The summed E-state index contributed by atoms with van der Waals surface area (Å²) in [6.45, 7) is 0.609. The van der Waals surface area contributed by atoms with Crippen molar-refractivity contribution in [1.29, 1.82) is 0 Å². The first-order chi connectivity index (χ1) is 8.05. The van der Waals surface area contributed by atoms with Crippen LogP contribution in [-0.2, 0) is 6.18 Å². The first-order valence-corrected chi connectivity index (χ1v) is 6.16. The highest BCUT2D eigenvalue weighted by Crippen LogP contribution is 2.29. The quantitative estimate of drug-likeness (QED) is 0.845. The third-order valence-electron chi connectivity index (χ3n) is 2.54. The second-order valence-electron chi connectivity index (χ2n) is 3.85. The highest BCUT2D eigenvalue weighted by Gasteiger charge is 2.36. The van der Waals surface area contributed by atoms with Crippen LogP contribution in [0.1, 0.15) is 31.5 Å². The number of rotatable bonds is 4. The maximum absolute atomic E-state index is 12.2. The van der Waals surface area contributed by atoms with Gasteiger partial charge in [-0.05, 0) is 25.7 Å². The summed E-state index contributed by atoms with van der Waals surface area (Å²) >= 11 is 0.747. The lowest BCUT2D eigenvalue weighted by atomic mass is 10.2. The fourth-order valence-electron chi connectivity index (χ4n) is 1.70. The van der Waals surface area contributed by atoms with Gasteiger partial charge in [-0.3, -0.25) is 0 Å². The van der Waals surface area contributed by atoms with E-state index >= 15 is 0 Å². The monoisotopic (exact) mass is 263 g/mol. The normalized spacial score (nSPS) is 16.1. The van der Waals surface area contributed by atoms with E-state index in [1.54, 1.807) is 0 Å². The molecule has 1 heterocycles. The summed E-state index contributed by atoms with van der Waals surface area (Å²) in [4.78, 5) is 3.40. The van der Waals surface area contributed by atoms with Crippen LogP contribution in [0.15, 0.2) is 11.6 Å². The average Bonchev–Trinajstić information content (AvgIpc) is 2.86. The molecule has 0 unspecified atom stereocenters. The SMILES string of the molecule is FC(F)(F)c1nsc(NCCC2=CCCC2)n1. The van der Waals surface area contributed by atoms with Crippen molar-refractivity contribution in [3.63, 3.8) is 0 Å². The van der Waals surface area contributed by atoms with Crippen molar-refractivity contribution < 1.29 is 13.2 Å². The molecular weight excluding hydrogens is 251 g/mol. The van der Waals surface area contributed by atoms with E-state index in [1.807, 2.05) is 0 Å². The van der Waals surface area contributed by atoms with Gasteiger partial charge in [0.05, 0.1) is 0 Å². The number of allylic oxidation sites excluding steroid dienone is 1. The van der Waals surface area contributed by atoms with Gasteiger partial charge in [0.25, 0.3) is 0 Å². The van der Waals surface area contributed by atoms with Crippen LogP contribution in [-0.4, -0.2) is 15.9 Å². The van der Waals surface area contributed by atoms with E-state index in [1.165, 1.54) is 12.0 Å². The molecule has 0 aliphatic heterocycles. The molecule has 1 aliphatic carbocycles. The van der Waals surface area contributed by atoms with Gasteiger partial charge in [0.2, 0.25) is 11.0 Å². The summed E-state index contributed by atoms with van der Waals surface area (Å²) in [5, 5.41) is 3.10. The maximum Gasteiger partial charge on any atom is 0.452 e. The molecule has 7 heteroatoms. The van der Waals surface area contributed by atoms with E-state index in [0.717, 1.165) is 30.8 Å². The number of nitrogens with zero attached hydrogens (tertiary/aromatic N) is 2. The molecule has 94 valence electrons. The van der Waals surface area contributed by atoms with Crippen LogP contribution in [0.4, 0.5) is 18.3 Å². The third kappa shape index (κ3) is 3.42. The number of alkyl halides is 3. The molecule has 0 saturated heterocycles. The summed E-state index contributed by atoms with van der Waals surface area (Å²) < 4.78 is 39.9. The lowest BCUT2D eigenvalue weighted by Crippen LogP contribution is -2.08. The van der Waals surface area contributed by atoms with E-state index in [9.17, 15) is 13.2 Å². The molecule has 0 saturated carbocycles. The van der Waals surface area contributed by atoms with Gasteiger partial charge in [0.1, 0.15) is 0 Å². The molecular formula is C10H12F3N3S. The van der Waals surface area contributed by atoms with Crippen LogP contribution in [0.5, 0.6) is 0 Å². The number of nitrogens with one attached hydrogen (secondary N) is 1. The highest BCUT2D eigenvalue weighted by atomic mass is 32.1. The number of halogens is 3. The molecule has 1 aliphatic rings. The van der Waals surface area contributed by atoms with Gasteiger partial charge < -0.3 is 5.32 Å². The van der Waals surface area contributed by atoms with E-state index in [-0.39, 0.29) is 5.13 Å². The fourth-order valence-corrected chi connectivity index (χ4v) is 2.32. The minimum absolute atomic E-state index is 0.232. The molecule has 1 N–H and O–H groups in total. The zero-order valence-electron chi connectivity index (χ0n) is 9.05. The van der Waals surface area contributed by atoms with Gasteiger partial charge in [-0.25, -0.2) is 0 Å². The Morgan fingerprint density at radius 3 is 2.82 bits per heavy atom. The molecule has 0 radical (unpaired) electrons. The Kier molecular flexibility index (Phi) is 3.66. The Morgan fingerprint density at radius 1 is 1.41 bits per heavy atom. The number of hydrogen-bond acceptors (Lipinski definition) is 4. The van der Waals surface area contributed by atoms with E-state index in [4.69, 9.17) is 0 Å². The maximum atomic E-state index is 12.2. The minimum atomic E-state index is -4.45. The molecule has 3 nitrogen and oxygen atoms in total. The van der Waals surface area contributed by atoms with Crippen molar-refractivity contribution in [2.75, 3.05) is 11.9 Å². The average molecular weight is 263 g/mol. The lowest BCUT2D eigenvalue weighted by Gasteiger charge is -2.02. The molecule has 2 rings (SSSR count). The van der Waals surface area contributed by atoms with Crippen molar-refractivity contribution in [2.24, 2.45) is 0 Å². The van der Waals surface area contributed by atoms with E-state index in [0.29, 0.717) is 6.54 Å². The smallest absolute Gasteiger partial charge is 0.360 e. The van der Waals surface area contributed by atoms with Gasteiger partial charge in [-0.2, -0.15) is 22.5 Å². The molecule has 0 bridgehead atoms. The minimum Gasteiger partial charge on any atom is -0.360 e. The van der Waals surface area contributed by atoms with Crippen molar-refractivity contribution in [1.82, 2.24) is 9.36 Å². The second kappa shape index (κ2) is 5.03. The van der Waals surface area contributed by atoms with Gasteiger partial charge in [0.15, 0.2) is 0 Å². The Morgan fingerprint density at radius 2 is 2.24 bits per heavy atom. The molecule has 1 aromatic heterocycles. The van der Waals surface area contributed by atoms with Crippen molar-refractivity contribution in [3.8, 4) is 0 Å². The Hall–Kier alpha value is -1.11. The number of anilines is 1. The van der Waals surface area contributed by atoms with Crippen LogP contribution in [0.3, 0.4) is 0 Å². The Bertz CT molecular complexity index is 411. The third-order valence-corrected chi connectivity index (χ3v) is 3.21. The van der Waals surface area contributed by atoms with Gasteiger partial charge in [-0.1, -0.05) is 11.6 Å². The molecule has 0 fully saturated rings. The predicted molar refractivity (Wildman–Crippen MR) is 60.0 cm³/mol. The lowest BCUT2D eigenvalue weighted by molar-refractivity contribution is -0.144. The molecule has 17 heavy (non-hydrogen) atoms. The first kappa shape index (κ1) is 12.3. The zero-order valence-corrected chi connectivity index (χ0v) is 9.87. The summed E-state index contributed by atoms with van der Waals surface area (Å²) in [7, 11) is 0. The van der Waals surface area contributed by atoms with Crippen molar-refractivity contribution in [3.05, 3.63) is 17.5 Å². The predicted octanol–water partition coefficient (Wildman–Crippen LogP) is 3.47. The van der Waals surface area contributed by atoms with Crippen molar-refractivity contribution >= 4 is 16.7 Å². The van der Waals surface area contributed by atoms with Crippen LogP contribution < -0.4 is 5.32 Å². The van der Waals surface area contributed by atoms with Gasteiger partial charge >= 0.3 is 6.18 Å².